The lowest BCUT2D eigenvalue weighted by Gasteiger charge is -2.04. The van der Waals surface area contributed by atoms with Gasteiger partial charge < -0.3 is 5.11 Å². The minimum atomic E-state index is -1.04. The fourth-order valence-corrected chi connectivity index (χ4v) is 2.66. The van der Waals surface area contributed by atoms with Crippen LogP contribution in [0.1, 0.15) is 15.9 Å². The molecule has 0 atom stereocenters. The van der Waals surface area contributed by atoms with Crippen molar-refractivity contribution in [1.82, 2.24) is 4.98 Å². The third kappa shape index (κ3) is 3.86. The van der Waals surface area contributed by atoms with Crippen LogP contribution < -0.4 is 0 Å². The number of hydrogen-bond donors (Lipinski definition) is 1. The lowest BCUT2D eigenvalue weighted by molar-refractivity contribution is 0.0696. The molecule has 1 N–H and O–H groups in total. The number of pyridine rings is 1. The molecule has 0 saturated heterocycles. The molecule has 0 unspecified atom stereocenters. The number of hydrogen-bond acceptors (Lipinski definition) is 3. The van der Waals surface area contributed by atoms with Gasteiger partial charge in [-0.1, -0.05) is 35.3 Å². The van der Waals surface area contributed by atoms with E-state index in [0.29, 0.717) is 20.8 Å². The number of rotatable bonds is 4. The van der Waals surface area contributed by atoms with Gasteiger partial charge in [-0.25, -0.2) is 9.78 Å². The average molecular weight is 314 g/mol. The molecule has 0 saturated carbocycles. The number of carboxylic acids is 1. The van der Waals surface area contributed by atoms with E-state index in [4.69, 9.17) is 28.3 Å². The number of halogens is 2. The first kappa shape index (κ1) is 14.2. The molecule has 0 radical (unpaired) electrons. The van der Waals surface area contributed by atoms with Crippen LogP contribution in [0.25, 0.3) is 0 Å². The largest absolute Gasteiger partial charge is 0.478 e. The van der Waals surface area contributed by atoms with Crippen LogP contribution in [0.2, 0.25) is 10.0 Å². The maximum atomic E-state index is 10.8. The van der Waals surface area contributed by atoms with Crippen LogP contribution in [0.15, 0.2) is 41.6 Å². The number of carbonyl (C=O) groups is 1. The van der Waals surface area contributed by atoms with E-state index in [2.05, 4.69) is 4.98 Å². The summed E-state index contributed by atoms with van der Waals surface area (Å²) in [5.41, 5.74) is 1.18. The van der Waals surface area contributed by atoms with Crippen molar-refractivity contribution < 1.29 is 9.90 Å². The number of benzene rings is 1. The van der Waals surface area contributed by atoms with Gasteiger partial charge in [-0.2, -0.15) is 0 Å². The summed E-state index contributed by atoms with van der Waals surface area (Å²) in [4.78, 5) is 14.8. The Labute approximate surface area is 124 Å². The molecule has 0 aliphatic rings. The minimum absolute atomic E-state index is 0.0841. The third-order valence-electron chi connectivity index (χ3n) is 2.34. The highest BCUT2D eigenvalue weighted by Crippen LogP contribution is 2.28. The van der Waals surface area contributed by atoms with Gasteiger partial charge >= 0.3 is 5.97 Å². The Morgan fingerprint density at radius 3 is 2.53 bits per heavy atom. The van der Waals surface area contributed by atoms with Crippen LogP contribution in [0.4, 0.5) is 0 Å². The fourth-order valence-electron chi connectivity index (χ4n) is 1.38. The molecular formula is C13H9Cl2NO2S. The third-order valence-corrected chi connectivity index (χ3v) is 4.07. The maximum Gasteiger partial charge on any atom is 0.337 e. The van der Waals surface area contributed by atoms with E-state index in [1.165, 1.54) is 24.0 Å². The van der Waals surface area contributed by atoms with Gasteiger partial charge in [0, 0.05) is 17.0 Å². The molecule has 19 heavy (non-hydrogen) atoms. The molecule has 0 fully saturated rings. The Balaban J connectivity index is 2.07. The van der Waals surface area contributed by atoms with E-state index in [1.807, 2.05) is 24.3 Å². The number of nitrogens with zero attached hydrogens (tertiary/aromatic N) is 1. The summed E-state index contributed by atoms with van der Waals surface area (Å²) in [6, 6.07) is 8.89. The summed E-state index contributed by atoms with van der Waals surface area (Å²) < 4.78 is 0. The Hall–Kier alpha value is -1.23. The van der Waals surface area contributed by atoms with Crippen molar-refractivity contribution in [1.29, 1.82) is 0 Å². The molecular weight excluding hydrogens is 305 g/mol. The van der Waals surface area contributed by atoms with Gasteiger partial charge in [-0.15, -0.1) is 11.8 Å². The van der Waals surface area contributed by atoms with E-state index >= 15 is 0 Å². The highest BCUT2D eigenvalue weighted by Gasteiger charge is 2.09. The van der Waals surface area contributed by atoms with Crippen LogP contribution in [0, 0.1) is 0 Å². The molecule has 3 nitrogen and oxygen atoms in total. The number of thioether (sulfide) groups is 1. The zero-order valence-corrected chi connectivity index (χ0v) is 12.0. The summed E-state index contributed by atoms with van der Waals surface area (Å²) >= 11 is 13.2. The second kappa shape index (κ2) is 6.28. The predicted molar refractivity (Wildman–Crippen MR) is 77.2 cm³/mol. The van der Waals surface area contributed by atoms with Crippen molar-refractivity contribution in [2.45, 2.75) is 10.8 Å². The zero-order chi connectivity index (χ0) is 13.8. The van der Waals surface area contributed by atoms with Crippen molar-refractivity contribution in [3.05, 3.63) is 57.7 Å². The SMILES string of the molecule is O=C(O)c1cnc(SCc2ccc(Cl)cc2)c(Cl)c1. The van der Waals surface area contributed by atoms with Gasteiger partial charge in [0.2, 0.25) is 0 Å². The first-order valence-electron chi connectivity index (χ1n) is 5.32. The number of aromatic nitrogens is 1. The molecule has 0 bridgehead atoms. The molecule has 98 valence electrons. The molecule has 1 aromatic heterocycles. The van der Waals surface area contributed by atoms with E-state index in [0.717, 1.165) is 5.56 Å². The van der Waals surface area contributed by atoms with Crippen LogP contribution in [0.5, 0.6) is 0 Å². The predicted octanol–water partition coefficient (Wildman–Crippen LogP) is 4.38. The van der Waals surface area contributed by atoms with Gasteiger partial charge in [-0.3, -0.25) is 0 Å². The quantitative estimate of drug-likeness (QED) is 0.851. The monoisotopic (exact) mass is 313 g/mol. The molecule has 2 aromatic rings. The normalized spacial score (nSPS) is 10.4. The summed E-state index contributed by atoms with van der Waals surface area (Å²) in [5.74, 6) is -0.348. The van der Waals surface area contributed by atoms with Crippen molar-refractivity contribution in [3.63, 3.8) is 0 Å². The van der Waals surface area contributed by atoms with Crippen LogP contribution in [0.3, 0.4) is 0 Å². The molecule has 1 aromatic carbocycles. The maximum absolute atomic E-state index is 10.8. The molecule has 2 rings (SSSR count). The van der Waals surface area contributed by atoms with E-state index < -0.39 is 5.97 Å². The van der Waals surface area contributed by atoms with Crippen molar-refractivity contribution in [2.75, 3.05) is 0 Å². The average Bonchev–Trinajstić information content (AvgIpc) is 2.39. The van der Waals surface area contributed by atoms with E-state index in [-0.39, 0.29) is 5.56 Å². The Morgan fingerprint density at radius 1 is 1.26 bits per heavy atom. The van der Waals surface area contributed by atoms with Crippen molar-refractivity contribution in [3.8, 4) is 0 Å². The molecule has 0 aliphatic carbocycles. The van der Waals surface area contributed by atoms with Crippen LogP contribution in [-0.2, 0) is 5.75 Å². The number of aromatic carboxylic acids is 1. The van der Waals surface area contributed by atoms with E-state index in [1.54, 1.807) is 0 Å². The zero-order valence-electron chi connectivity index (χ0n) is 9.64. The second-order valence-corrected chi connectivity index (χ2v) is 5.54. The van der Waals surface area contributed by atoms with E-state index in [9.17, 15) is 4.79 Å². The smallest absolute Gasteiger partial charge is 0.337 e. The van der Waals surface area contributed by atoms with Gasteiger partial charge in [0.25, 0.3) is 0 Å². The summed E-state index contributed by atoms with van der Waals surface area (Å²) in [6.07, 6.45) is 1.30. The highest BCUT2D eigenvalue weighted by atomic mass is 35.5. The molecule has 0 aliphatic heterocycles. The van der Waals surface area contributed by atoms with Gasteiger partial charge in [0.05, 0.1) is 10.6 Å². The topological polar surface area (TPSA) is 50.2 Å². The lowest BCUT2D eigenvalue weighted by Crippen LogP contribution is -1.97. The summed E-state index contributed by atoms with van der Waals surface area (Å²) in [5, 5.41) is 10.5. The van der Waals surface area contributed by atoms with Crippen LogP contribution in [-0.4, -0.2) is 16.1 Å². The van der Waals surface area contributed by atoms with Crippen LogP contribution >= 0.6 is 35.0 Å². The summed E-state index contributed by atoms with van der Waals surface area (Å²) in [7, 11) is 0. The van der Waals surface area contributed by atoms with Crippen molar-refractivity contribution in [2.24, 2.45) is 0 Å². The minimum Gasteiger partial charge on any atom is -0.478 e. The highest BCUT2D eigenvalue weighted by molar-refractivity contribution is 7.98. The Bertz CT molecular complexity index is 602. The fraction of sp³-hybridized carbons (Fsp3) is 0.0769. The molecule has 0 spiro atoms. The molecule has 1 heterocycles. The summed E-state index contributed by atoms with van der Waals surface area (Å²) in [6.45, 7) is 0. The van der Waals surface area contributed by atoms with Crippen molar-refractivity contribution >= 4 is 40.9 Å². The molecule has 6 heteroatoms. The first-order valence-corrected chi connectivity index (χ1v) is 7.06. The standard InChI is InChI=1S/C13H9Cl2NO2S/c14-10-3-1-8(2-4-10)7-19-12-11(15)5-9(6-16-12)13(17)18/h1-6H,7H2,(H,17,18). The van der Waals surface area contributed by atoms with Gasteiger partial charge in [0.1, 0.15) is 5.03 Å². The Kier molecular flexibility index (Phi) is 4.69. The second-order valence-electron chi connectivity index (χ2n) is 3.73. The Morgan fingerprint density at radius 2 is 1.95 bits per heavy atom. The van der Waals surface area contributed by atoms with Gasteiger partial charge in [-0.05, 0) is 23.8 Å². The van der Waals surface area contributed by atoms with Gasteiger partial charge in [0.15, 0.2) is 0 Å². The lowest BCUT2D eigenvalue weighted by atomic mass is 10.2. The first-order chi connectivity index (χ1) is 9.06. The molecule has 0 amide bonds. The number of carboxylic acid groups (broad SMARTS) is 1.